The molecular weight excluding hydrogens is 300 g/mol. The van der Waals surface area contributed by atoms with Gasteiger partial charge in [-0.1, -0.05) is 11.6 Å². The van der Waals surface area contributed by atoms with E-state index in [1.165, 1.54) is 0 Å². The topological polar surface area (TPSA) is 87.0 Å². The summed E-state index contributed by atoms with van der Waals surface area (Å²) in [4.78, 5) is 11.9. The van der Waals surface area contributed by atoms with Crippen LogP contribution in [-0.4, -0.2) is 20.1 Å². The van der Waals surface area contributed by atoms with Crippen molar-refractivity contribution >= 4 is 27.5 Å². The summed E-state index contributed by atoms with van der Waals surface area (Å²) in [5.41, 5.74) is 1.89. The van der Waals surface area contributed by atoms with Crippen LogP contribution in [0.4, 0.5) is 0 Å². The van der Waals surface area contributed by atoms with Gasteiger partial charge in [0.25, 0.3) is 5.91 Å². The average Bonchev–Trinajstić information content (AvgIpc) is 2.33. The Bertz CT molecular complexity index is 663. The van der Waals surface area contributed by atoms with E-state index in [-0.39, 0.29) is 29.2 Å². The minimum atomic E-state index is -3.75. The van der Waals surface area contributed by atoms with Crippen molar-refractivity contribution in [3.05, 3.63) is 33.8 Å². The van der Waals surface area contributed by atoms with Crippen LogP contribution >= 0.6 is 11.6 Å². The van der Waals surface area contributed by atoms with E-state index in [1.807, 2.05) is 24.6 Å². The molecular formula is C13H15ClN2O3S. The van der Waals surface area contributed by atoms with Gasteiger partial charge in [0.2, 0.25) is 10.0 Å². The van der Waals surface area contributed by atoms with Crippen LogP contribution in [-0.2, 0) is 10.0 Å². The van der Waals surface area contributed by atoms with Gasteiger partial charge in [-0.2, -0.15) is 5.26 Å². The summed E-state index contributed by atoms with van der Waals surface area (Å²) in [5.74, 6) is -1.02. The molecule has 20 heavy (non-hydrogen) atoms. The van der Waals surface area contributed by atoms with E-state index in [1.54, 1.807) is 12.1 Å². The fourth-order valence-corrected chi connectivity index (χ4v) is 2.87. The average molecular weight is 315 g/mol. The molecule has 0 heterocycles. The predicted octanol–water partition coefficient (Wildman–Crippen LogP) is 2.32. The highest BCUT2D eigenvalue weighted by Crippen LogP contribution is 2.21. The molecule has 7 heteroatoms. The molecule has 0 aliphatic carbocycles. The van der Waals surface area contributed by atoms with Crippen LogP contribution < -0.4 is 4.72 Å². The van der Waals surface area contributed by atoms with E-state index >= 15 is 0 Å². The number of carbonyl (C=O) groups is 1. The lowest BCUT2D eigenvalue weighted by molar-refractivity contribution is 0.0981. The van der Waals surface area contributed by atoms with Crippen molar-refractivity contribution in [2.24, 2.45) is 0 Å². The highest BCUT2D eigenvalue weighted by molar-refractivity contribution is 7.90. The number of aryl methyl sites for hydroxylation is 2. The molecule has 1 amide bonds. The molecule has 0 unspecified atom stereocenters. The highest BCUT2D eigenvalue weighted by Gasteiger charge is 2.18. The normalized spacial score (nSPS) is 10.9. The Labute approximate surface area is 123 Å². The number of unbranched alkanes of at least 4 members (excludes halogenated alkanes) is 1. The van der Waals surface area contributed by atoms with Gasteiger partial charge in [-0.05, 0) is 43.5 Å². The van der Waals surface area contributed by atoms with Crippen molar-refractivity contribution in [2.75, 3.05) is 5.75 Å². The third kappa shape index (κ3) is 4.51. The van der Waals surface area contributed by atoms with Crippen LogP contribution in [0, 0.1) is 25.2 Å². The molecule has 1 aromatic carbocycles. The van der Waals surface area contributed by atoms with Crippen LogP contribution in [0.3, 0.4) is 0 Å². The van der Waals surface area contributed by atoms with E-state index < -0.39 is 15.9 Å². The van der Waals surface area contributed by atoms with Crippen molar-refractivity contribution in [1.29, 1.82) is 5.26 Å². The van der Waals surface area contributed by atoms with E-state index in [0.29, 0.717) is 0 Å². The molecule has 0 aromatic heterocycles. The summed E-state index contributed by atoms with van der Waals surface area (Å²) in [6.45, 7) is 3.66. The molecule has 0 atom stereocenters. The summed E-state index contributed by atoms with van der Waals surface area (Å²) in [6, 6.07) is 5.02. The summed E-state index contributed by atoms with van der Waals surface area (Å²) < 4.78 is 25.3. The molecule has 0 fully saturated rings. The third-order valence-electron chi connectivity index (χ3n) is 2.78. The number of nitriles is 1. The molecule has 1 aromatic rings. The first-order chi connectivity index (χ1) is 9.26. The van der Waals surface area contributed by atoms with E-state index in [9.17, 15) is 13.2 Å². The molecule has 108 valence electrons. The number of carbonyl (C=O) groups excluding carboxylic acids is 1. The lowest BCUT2D eigenvalue weighted by Gasteiger charge is -2.09. The number of nitrogens with one attached hydrogen (secondary N) is 1. The van der Waals surface area contributed by atoms with Gasteiger partial charge in [-0.3, -0.25) is 4.79 Å². The summed E-state index contributed by atoms with van der Waals surface area (Å²) in [5, 5.41) is 8.57. The molecule has 1 N–H and O–H groups in total. The van der Waals surface area contributed by atoms with E-state index in [4.69, 9.17) is 16.9 Å². The molecule has 0 saturated carbocycles. The number of rotatable bonds is 5. The van der Waals surface area contributed by atoms with Crippen LogP contribution in [0.15, 0.2) is 12.1 Å². The smallest absolute Gasteiger partial charge is 0.266 e. The number of halogens is 1. The van der Waals surface area contributed by atoms with Gasteiger partial charge < -0.3 is 0 Å². The summed E-state index contributed by atoms with van der Waals surface area (Å²) in [7, 11) is -3.75. The van der Waals surface area contributed by atoms with Crippen molar-refractivity contribution < 1.29 is 13.2 Å². The number of nitrogens with zero attached hydrogens (tertiary/aromatic N) is 1. The third-order valence-corrected chi connectivity index (χ3v) is 4.41. The van der Waals surface area contributed by atoms with E-state index in [0.717, 1.165) is 11.1 Å². The Hall–Kier alpha value is -1.58. The molecule has 0 spiro atoms. The first kappa shape index (κ1) is 16.5. The van der Waals surface area contributed by atoms with Gasteiger partial charge in [0.05, 0.1) is 22.4 Å². The maximum Gasteiger partial charge on any atom is 0.266 e. The zero-order valence-corrected chi connectivity index (χ0v) is 12.8. The molecule has 0 radical (unpaired) electrons. The van der Waals surface area contributed by atoms with Crippen molar-refractivity contribution in [2.45, 2.75) is 26.7 Å². The van der Waals surface area contributed by atoms with Crippen LogP contribution in [0.2, 0.25) is 5.02 Å². The fraction of sp³-hybridized carbons (Fsp3) is 0.385. The first-order valence-corrected chi connectivity index (χ1v) is 7.98. The Morgan fingerprint density at radius 3 is 2.55 bits per heavy atom. The molecule has 5 nitrogen and oxygen atoms in total. The predicted molar refractivity (Wildman–Crippen MR) is 77.0 cm³/mol. The van der Waals surface area contributed by atoms with Crippen LogP contribution in [0.25, 0.3) is 0 Å². The number of hydrogen-bond donors (Lipinski definition) is 1. The lowest BCUT2D eigenvalue weighted by atomic mass is 10.1. The quantitative estimate of drug-likeness (QED) is 0.845. The van der Waals surface area contributed by atoms with Crippen LogP contribution in [0.5, 0.6) is 0 Å². The minimum absolute atomic E-state index is 0.124. The SMILES string of the molecule is Cc1cc(Cl)c(C(=O)NS(=O)(=O)CCCC#N)cc1C. The zero-order valence-electron chi connectivity index (χ0n) is 11.2. The highest BCUT2D eigenvalue weighted by atomic mass is 35.5. The Balaban J connectivity index is 2.87. The second kappa shape index (κ2) is 6.73. The summed E-state index contributed by atoms with van der Waals surface area (Å²) in [6.07, 6.45) is 0.305. The van der Waals surface area contributed by atoms with Gasteiger partial charge in [0, 0.05) is 6.42 Å². The second-order valence-electron chi connectivity index (χ2n) is 4.43. The maximum absolute atomic E-state index is 11.9. The number of benzene rings is 1. The number of hydrogen-bond acceptors (Lipinski definition) is 4. The van der Waals surface area contributed by atoms with Gasteiger partial charge in [0.1, 0.15) is 0 Å². The molecule has 1 rings (SSSR count). The van der Waals surface area contributed by atoms with Crippen LogP contribution in [0.1, 0.15) is 34.3 Å². The van der Waals surface area contributed by atoms with Crippen molar-refractivity contribution in [3.63, 3.8) is 0 Å². The lowest BCUT2D eigenvalue weighted by Crippen LogP contribution is -2.32. The monoisotopic (exact) mass is 314 g/mol. The van der Waals surface area contributed by atoms with Gasteiger partial charge in [-0.25, -0.2) is 13.1 Å². The van der Waals surface area contributed by atoms with Crippen molar-refractivity contribution in [3.8, 4) is 6.07 Å². The summed E-state index contributed by atoms with van der Waals surface area (Å²) >= 11 is 5.95. The van der Waals surface area contributed by atoms with Gasteiger partial charge in [0.15, 0.2) is 0 Å². The molecule has 0 aliphatic rings. The van der Waals surface area contributed by atoms with E-state index in [2.05, 4.69) is 0 Å². The Morgan fingerprint density at radius 1 is 1.35 bits per heavy atom. The number of sulfonamides is 1. The zero-order chi connectivity index (χ0) is 15.3. The molecule has 0 saturated heterocycles. The Kier molecular flexibility index (Phi) is 5.54. The second-order valence-corrected chi connectivity index (χ2v) is 6.68. The minimum Gasteiger partial charge on any atom is -0.268 e. The fourth-order valence-electron chi connectivity index (χ4n) is 1.54. The number of amides is 1. The Morgan fingerprint density at radius 2 is 1.95 bits per heavy atom. The molecule has 0 aliphatic heterocycles. The molecule has 0 bridgehead atoms. The maximum atomic E-state index is 11.9. The van der Waals surface area contributed by atoms with Gasteiger partial charge >= 0.3 is 0 Å². The largest absolute Gasteiger partial charge is 0.268 e. The first-order valence-electron chi connectivity index (χ1n) is 5.95. The van der Waals surface area contributed by atoms with Crippen molar-refractivity contribution in [1.82, 2.24) is 4.72 Å². The standard InChI is InChI=1S/C13H15ClN2O3S/c1-9-7-11(12(14)8-10(9)2)13(17)16-20(18,19)6-4-3-5-15/h7-8H,3-4,6H2,1-2H3,(H,16,17). The van der Waals surface area contributed by atoms with Gasteiger partial charge in [-0.15, -0.1) is 0 Å².